The Hall–Kier alpha value is -1.22. The Morgan fingerprint density at radius 1 is 1.43 bits per heavy atom. The van der Waals surface area contributed by atoms with E-state index in [4.69, 9.17) is 0 Å². The van der Waals surface area contributed by atoms with Crippen molar-refractivity contribution in [2.75, 3.05) is 13.6 Å². The molecule has 0 aromatic heterocycles. The maximum absolute atomic E-state index is 13.4. The summed E-state index contributed by atoms with van der Waals surface area (Å²) in [5.74, 6) is -0.639. The highest BCUT2D eigenvalue weighted by molar-refractivity contribution is 5.99. The maximum Gasteiger partial charge on any atom is 0.179 e. The Morgan fingerprint density at radius 2 is 2.07 bits per heavy atom. The lowest BCUT2D eigenvalue weighted by atomic mass is 9.99. The van der Waals surface area contributed by atoms with Crippen LogP contribution in [0, 0.1) is 19.7 Å². The maximum atomic E-state index is 13.4. The summed E-state index contributed by atoms with van der Waals surface area (Å²) in [6.07, 6.45) is 0. The predicted octanol–water partition coefficient (Wildman–Crippen LogP) is 1.84. The zero-order valence-electron chi connectivity index (χ0n) is 8.65. The number of rotatable bonds is 3. The van der Waals surface area contributed by atoms with E-state index in [1.807, 2.05) is 6.92 Å². The van der Waals surface area contributed by atoms with Crippen LogP contribution >= 0.6 is 0 Å². The molecule has 0 saturated heterocycles. The fourth-order valence-corrected chi connectivity index (χ4v) is 1.37. The van der Waals surface area contributed by atoms with Crippen molar-refractivity contribution in [2.24, 2.45) is 0 Å². The van der Waals surface area contributed by atoms with Crippen LogP contribution in [0.4, 0.5) is 4.39 Å². The van der Waals surface area contributed by atoms with E-state index in [1.54, 1.807) is 20.0 Å². The molecule has 76 valence electrons. The first kappa shape index (κ1) is 10.9. The average Bonchev–Trinajstić information content (AvgIpc) is 2.13. The molecule has 0 unspecified atom stereocenters. The molecule has 1 rings (SSSR count). The van der Waals surface area contributed by atoms with Gasteiger partial charge < -0.3 is 5.32 Å². The highest BCUT2D eigenvalue weighted by atomic mass is 19.1. The molecule has 0 fully saturated rings. The Morgan fingerprint density at radius 3 is 2.64 bits per heavy atom. The summed E-state index contributed by atoms with van der Waals surface area (Å²) in [5.41, 5.74) is 1.87. The van der Waals surface area contributed by atoms with Gasteiger partial charge in [-0.25, -0.2) is 4.39 Å². The molecule has 0 radical (unpaired) electrons. The van der Waals surface area contributed by atoms with E-state index < -0.39 is 5.82 Å². The SMILES string of the molecule is CNCC(=O)c1c(F)ccc(C)c1C. The lowest BCUT2D eigenvalue weighted by Gasteiger charge is -2.08. The van der Waals surface area contributed by atoms with Crippen LogP contribution in [0.1, 0.15) is 21.5 Å². The van der Waals surface area contributed by atoms with E-state index in [0.717, 1.165) is 11.1 Å². The highest BCUT2D eigenvalue weighted by Crippen LogP contribution is 2.17. The molecule has 0 aliphatic rings. The van der Waals surface area contributed by atoms with Crippen molar-refractivity contribution in [3.05, 3.63) is 34.6 Å². The van der Waals surface area contributed by atoms with Gasteiger partial charge in [-0.2, -0.15) is 0 Å². The van der Waals surface area contributed by atoms with E-state index in [0.29, 0.717) is 0 Å². The summed E-state index contributed by atoms with van der Waals surface area (Å²) >= 11 is 0. The number of aryl methyl sites for hydroxylation is 1. The van der Waals surface area contributed by atoms with E-state index in [9.17, 15) is 9.18 Å². The van der Waals surface area contributed by atoms with Gasteiger partial charge in [0.2, 0.25) is 0 Å². The van der Waals surface area contributed by atoms with E-state index >= 15 is 0 Å². The van der Waals surface area contributed by atoms with E-state index in [1.165, 1.54) is 6.07 Å². The minimum Gasteiger partial charge on any atom is -0.313 e. The van der Waals surface area contributed by atoms with Crippen LogP contribution in [-0.2, 0) is 0 Å². The van der Waals surface area contributed by atoms with Crippen LogP contribution in [0.3, 0.4) is 0 Å². The Bertz CT molecular complexity index is 361. The van der Waals surface area contributed by atoms with Gasteiger partial charge in [-0.1, -0.05) is 6.07 Å². The third-order valence-electron chi connectivity index (χ3n) is 2.30. The molecule has 0 spiro atoms. The molecule has 0 aliphatic carbocycles. The molecule has 3 heteroatoms. The molecule has 14 heavy (non-hydrogen) atoms. The number of hydrogen-bond acceptors (Lipinski definition) is 2. The van der Waals surface area contributed by atoms with Crippen molar-refractivity contribution in [2.45, 2.75) is 13.8 Å². The third-order valence-corrected chi connectivity index (χ3v) is 2.30. The van der Waals surface area contributed by atoms with Crippen molar-refractivity contribution in [1.29, 1.82) is 0 Å². The minimum absolute atomic E-state index is 0.168. The van der Waals surface area contributed by atoms with Crippen LogP contribution in [0.25, 0.3) is 0 Å². The van der Waals surface area contributed by atoms with E-state index in [-0.39, 0.29) is 17.9 Å². The summed E-state index contributed by atoms with van der Waals surface area (Å²) in [7, 11) is 1.67. The second-order valence-electron chi connectivity index (χ2n) is 3.32. The number of ketones is 1. The molecule has 0 heterocycles. The Balaban J connectivity index is 3.18. The molecule has 2 nitrogen and oxygen atoms in total. The quantitative estimate of drug-likeness (QED) is 0.746. The van der Waals surface area contributed by atoms with Crippen LogP contribution in [0.5, 0.6) is 0 Å². The van der Waals surface area contributed by atoms with Crippen LogP contribution in [0.2, 0.25) is 0 Å². The monoisotopic (exact) mass is 195 g/mol. The number of halogens is 1. The molecular formula is C11H14FNO. The normalized spacial score (nSPS) is 10.3. The molecule has 0 saturated carbocycles. The lowest BCUT2D eigenvalue weighted by molar-refractivity contribution is 0.0989. The first-order chi connectivity index (χ1) is 6.57. The average molecular weight is 195 g/mol. The molecule has 0 amide bonds. The number of hydrogen-bond donors (Lipinski definition) is 1. The molecule has 0 atom stereocenters. The van der Waals surface area contributed by atoms with Gasteiger partial charge >= 0.3 is 0 Å². The van der Waals surface area contributed by atoms with Gasteiger partial charge in [0.25, 0.3) is 0 Å². The zero-order chi connectivity index (χ0) is 10.7. The van der Waals surface area contributed by atoms with Crippen molar-refractivity contribution in [3.63, 3.8) is 0 Å². The number of nitrogens with one attached hydrogen (secondary N) is 1. The first-order valence-corrected chi connectivity index (χ1v) is 4.51. The van der Waals surface area contributed by atoms with Gasteiger partial charge in [-0.3, -0.25) is 4.79 Å². The Kier molecular flexibility index (Phi) is 3.36. The van der Waals surface area contributed by atoms with Gasteiger partial charge in [0.15, 0.2) is 5.78 Å². The topological polar surface area (TPSA) is 29.1 Å². The van der Waals surface area contributed by atoms with Gasteiger partial charge in [0, 0.05) is 0 Å². The lowest BCUT2D eigenvalue weighted by Crippen LogP contribution is -2.20. The van der Waals surface area contributed by atoms with Gasteiger partial charge in [0.1, 0.15) is 5.82 Å². The number of carbonyl (C=O) groups is 1. The summed E-state index contributed by atoms with van der Waals surface area (Å²) in [6, 6.07) is 3.02. The summed E-state index contributed by atoms with van der Waals surface area (Å²) < 4.78 is 13.4. The standard InChI is InChI=1S/C11H14FNO/c1-7-4-5-9(12)11(8(7)2)10(14)6-13-3/h4-5,13H,6H2,1-3H3. The Labute approximate surface area is 83.1 Å². The smallest absolute Gasteiger partial charge is 0.179 e. The molecule has 0 bridgehead atoms. The fraction of sp³-hybridized carbons (Fsp3) is 0.364. The van der Waals surface area contributed by atoms with Crippen molar-refractivity contribution >= 4 is 5.78 Å². The zero-order valence-corrected chi connectivity index (χ0v) is 8.65. The third kappa shape index (κ3) is 1.99. The van der Waals surface area contributed by atoms with Crippen molar-refractivity contribution < 1.29 is 9.18 Å². The number of carbonyl (C=O) groups excluding carboxylic acids is 1. The minimum atomic E-state index is -0.437. The van der Waals surface area contributed by atoms with Crippen molar-refractivity contribution in [3.8, 4) is 0 Å². The van der Waals surface area contributed by atoms with Gasteiger partial charge in [-0.15, -0.1) is 0 Å². The second kappa shape index (κ2) is 4.33. The number of Topliss-reactive ketones (excluding diaryl/α,β-unsaturated/α-hetero) is 1. The van der Waals surface area contributed by atoms with Crippen LogP contribution in [0.15, 0.2) is 12.1 Å². The largest absolute Gasteiger partial charge is 0.313 e. The fourth-order valence-electron chi connectivity index (χ4n) is 1.37. The molecular weight excluding hydrogens is 181 g/mol. The highest BCUT2D eigenvalue weighted by Gasteiger charge is 2.14. The summed E-state index contributed by atoms with van der Waals surface area (Å²) in [6.45, 7) is 3.80. The van der Waals surface area contributed by atoms with Crippen molar-refractivity contribution in [1.82, 2.24) is 5.32 Å². The summed E-state index contributed by atoms with van der Waals surface area (Å²) in [4.78, 5) is 11.5. The van der Waals surface area contributed by atoms with E-state index in [2.05, 4.69) is 5.32 Å². The number of benzene rings is 1. The second-order valence-corrected chi connectivity index (χ2v) is 3.32. The molecule has 1 N–H and O–H groups in total. The van der Waals surface area contributed by atoms with Gasteiger partial charge in [-0.05, 0) is 38.1 Å². The predicted molar refractivity (Wildman–Crippen MR) is 54.1 cm³/mol. The van der Waals surface area contributed by atoms with Gasteiger partial charge in [0.05, 0.1) is 12.1 Å². The molecule has 1 aromatic carbocycles. The first-order valence-electron chi connectivity index (χ1n) is 4.51. The molecule has 1 aromatic rings. The summed E-state index contributed by atoms with van der Waals surface area (Å²) in [5, 5.41) is 2.72. The van der Waals surface area contributed by atoms with Crippen LogP contribution < -0.4 is 5.32 Å². The molecule has 0 aliphatic heterocycles. The number of likely N-dealkylation sites (N-methyl/N-ethyl adjacent to an activating group) is 1. The van der Waals surface area contributed by atoms with Crippen LogP contribution in [-0.4, -0.2) is 19.4 Å².